The van der Waals surface area contributed by atoms with Crippen LogP contribution in [0.25, 0.3) is 0 Å². The van der Waals surface area contributed by atoms with Gasteiger partial charge in [0.15, 0.2) is 0 Å². The molecule has 0 fully saturated rings. The molecule has 0 saturated heterocycles. The molecule has 2 nitrogen and oxygen atoms in total. The van der Waals surface area contributed by atoms with Gasteiger partial charge in [-0.2, -0.15) is 0 Å². The summed E-state index contributed by atoms with van der Waals surface area (Å²) < 4.78 is 0. The van der Waals surface area contributed by atoms with E-state index in [4.69, 9.17) is 0 Å². The quantitative estimate of drug-likeness (QED) is 0.670. The normalized spacial score (nSPS) is 10.3. The van der Waals surface area contributed by atoms with Gasteiger partial charge in [0.05, 0.1) is 0 Å². The van der Waals surface area contributed by atoms with Crippen LogP contribution >= 0.6 is 0 Å². The maximum atomic E-state index is 4.41. The zero-order valence-corrected chi connectivity index (χ0v) is 8.31. The lowest BCUT2D eigenvalue weighted by Crippen LogP contribution is -2.01. The summed E-state index contributed by atoms with van der Waals surface area (Å²) in [5.74, 6) is 0.984. The minimum absolute atomic E-state index is 0.984. The van der Waals surface area contributed by atoms with Crippen LogP contribution in [-0.4, -0.2) is 9.97 Å². The number of hydrogen-bond donors (Lipinski definition) is 0. The maximum Gasteiger partial charge on any atom is 0.128 e. The molecule has 0 bridgehead atoms. The molecule has 1 rings (SSSR count). The second kappa shape index (κ2) is 3.65. The third-order valence-electron chi connectivity index (χ3n) is 2.15. The van der Waals surface area contributed by atoms with Crippen molar-refractivity contribution in [1.29, 1.82) is 0 Å². The molecule has 1 aromatic rings. The lowest BCUT2D eigenvalue weighted by Gasteiger charge is -2.05. The summed E-state index contributed by atoms with van der Waals surface area (Å²) in [7, 11) is 0. The largest absolute Gasteiger partial charge is 0.238 e. The average Bonchev–Trinajstić information content (AvgIpc) is 2.01. The molecule has 0 aromatic carbocycles. The van der Waals surface area contributed by atoms with Crippen LogP contribution in [0.2, 0.25) is 0 Å². The third-order valence-corrected chi connectivity index (χ3v) is 2.15. The van der Waals surface area contributed by atoms with Gasteiger partial charge in [-0.15, -0.1) is 0 Å². The van der Waals surface area contributed by atoms with Crippen molar-refractivity contribution in [2.75, 3.05) is 0 Å². The van der Waals surface area contributed by atoms with Gasteiger partial charge in [-0.1, -0.05) is 6.92 Å². The molecule has 1 aromatic heterocycles. The first kappa shape index (κ1) is 9.17. The van der Waals surface area contributed by atoms with Crippen molar-refractivity contribution in [3.05, 3.63) is 22.8 Å². The Morgan fingerprint density at radius 2 is 1.50 bits per heavy atom. The van der Waals surface area contributed by atoms with E-state index in [0.29, 0.717) is 0 Å². The summed E-state index contributed by atoms with van der Waals surface area (Å²) in [6.07, 6.45) is 2.10. The lowest BCUT2D eigenvalue weighted by molar-refractivity contribution is 0.808. The summed E-state index contributed by atoms with van der Waals surface area (Å²) >= 11 is 0. The van der Waals surface area contributed by atoms with Gasteiger partial charge in [-0.25, -0.2) is 9.97 Å². The van der Waals surface area contributed by atoms with Crippen LogP contribution in [0, 0.1) is 20.8 Å². The fourth-order valence-corrected chi connectivity index (χ4v) is 1.18. The minimum Gasteiger partial charge on any atom is -0.238 e. The van der Waals surface area contributed by atoms with Crippen LogP contribution < -0.4 is 0 Å². The summed E-state index contributed by atoms with van der Waals surface area (Å²) in [4.78, 5) is 8.82. The summed E-state index contributed by atoms with van der Waals surface area (Å²) in [6.45, 7) is 8.31. The first-order chi connectivity index (χ1) is 5.65. The number of aryl methyl sites for hydroxylation is 3. The van der Waals surface area contributed by atoms with E-state index in [9.17, 15) is 0 Å². The third kappa shape index (κ3) is 1.81. The van der Waals surface area contributed by atoms with Crippen molar-refractivity contribution in [1.82, 2.24) is 9.97 Å². The van der Waals surface area contributed by atoms with Crippen molar-refractivity contribution in [3.63, 3.8) is 0 Å². The molecule has 1 heterocycles. The first-order valence-corrected chi connectivity index (χ1v) is 4.46. The molecule has 0 aliphatic heterocycles. The van der Waals surface area contributed by atoms with Crippen molar-refractivity contribution >= 4 is 0 Å². The molecule has 0 aliphatic rings. The van der Waals surface area contributed by atoms with Crippen LogP contribution in [0.1, 0.15) is 36.1 Å². The van der Waals surface area contributed by atoms with Gasteiger partial charge in [-0.3, -0.25) is 0 Å². The molecule has 0 saturated carbocycles. The topological polar surface area (TPSA) is 25.8 Å². The van der Waals surface area contributed by atoms with E-state index in [-0.39, 0.29) is 0 Å². The lowest BCUT2D eigenvalue weighted by atomic mass is 10.2. The molecule has 0 aliphatic carbocycles. The fourth-order valence-electron chi connectivity index (χ4n) is 1.18. The van der Waals surface area contributed by atoms with Crippen molar-refractivity contribution in [2.24, 2.45) is 0 Å². The molecule has 0 atom stereocenters. The van der Waals surface area contributed by atoms with Crippen molar-refractivity contribution in [3.8, 4) is 0 Å². The Balaban J connectivity index is 3.04. The monoisotopic (exact) mass is 164 g/mol. The molecule has 0 N–H and O–H groups in total. The molecule has 0 spiro atoms. The van der Waals surface area contributed by atoms with E-state index in [1.165, 1.54) is 5.56 Å². The van der Waals surface area contributed by atoms with E-state index in [2.05, 4.69) is 23.8 Å². The summed E-state index contributed by atoms with van der Waals surface area (Å²) in [5.41, 5.74) is 3.45. The van der Waals surface area contributed by atoms with E-state index >= 15 is 0 Å². The number of rotatable bonds is 2. The highest BCUT2D eigenvalue weighted by Gasteiger charge is 2.02. The van der Waals surface area contributed by atoms with Gasteiger partial charge in [-0.05, 0) is 32.8 Å². The molecular formula is C10H16N2. The number of hydrogen-bond acceptors (Lipinski definition) is 2. The predicted octanol–water partition coefficient (Wildman–Crippen LogP) is 2.35. The molecule has 2 heteroatoms. The Kier molecular flexibility index (Phi) is 2.79. The molecule has 66 valence electrons. The van der Waals surface area contributed by atoms with E-state index in [1.54, 1.807) is 0 Å². The second-order valence-corrected chi connectivity index (χ2v) is 3.19. The Morgan fingerprint density at radius 1 is 1.00 bits per heavy atom. The Labute approximate surface area is 74.1 Å². The van der Waals surface area contributed by atoms with Crippen LogP contribution in [0.5, 0.6) is 0 Å². The molecular weight excluding hydrogens is 148 g/mol. The maximum absolute atomic E-state index is 4.41. The second-order valence-electron chi connectivity index (χ2n) is 3.19. The smallest absolute Gasteiger partial charge is 0.128 e. The standard InChI is InChI=1S/C10H16N2/c1-5-6-10-11-8(3)7(2)9(4)12-10/h5-6H2,1-4H3. The molecule has 0 radical (unpaired) electrons. The highest BCUT2D eigenvalue weighted by molar-refractivity contribution is 5.22. The van der Waals surface area contributed by atoms with E-state index in [1.807, 2.05) is 13.8 Å². The van der Waals surface area contributed by atoms with Gasteiger partial charge < -0.3 is 0 Å². The van der Waals surface area contributed by atoms with Gasteiger partial charge in [0.25, 0.3) is 0 Å². The number of aromatic nitrogens is 2. The molecule has 0 unspecified atom stereocenters. The Morgan fingerprint density at radius 3 is 1.92 bits per heavy atom. The Hall–Kier alpha value is -0.920. The van der Waals surface area contributed by atoms with E-state index in [0.717, 1.165) is 30.1 Å². The van der Waals surface area contributed by atoms with Crippen LogP contribution in [-0.2, 0) is 6.42 Å². The van der Waals surface area contributed by atoms with E-state index < -0.39 is 0 Å². The average molecular weight is 164 g/mol. The minimum atomic E-state index is 0.984. The van der Waals surface area contributed by atoms with Gasteiger partial charge in [0, 0.05) is 17.8 Å². The molecule has 12 heavy (non-hydrogen) atoms. The van der Waals surface area contributed by atoms with Crippen LogP contribution in [0.3, 0.4) is 0 Å². The SMILES string of the molecule is CCCc1nc(C)c(C)c(C)n1. The summed E-state index contributed by atoms with van der Waals surface area (Å²) in [6, 6.07) is 0. The van der Waals surface area contributed by atoms with Gasteiger partial charge in [0.1, 0.15) is 5.82 Å². The van der Waals surface area contributed by atoms with Crippen LogP contribution in [0.15, 0.2) is 0 Å². The van der Waals surface area contributed by atoms with Crippen LogP contribution in [0.4, 0.5) is 0 Å². The van der Waals surface area contributed by atoms with Crippen molar-refractivity contribution in [2.45, 2.75) is 40.5 Å². The zero-order valence-electron chi connectivity index (χ0n) is 8.31. The van der Waals surface area contributed by atoms with Gasteiger partial charge in [0.2, 0.25) is 0 Å². The summed E-state index contributed by atoms with van der Waals surface area (Å²) in [5, 5.41) is 0. The predicted molar refractivity (Wildman–Crippen MR) is 50.2 cm³/mol. The first-order valence-electron chi connectivity index (χ1n) is 4.46. The Bertz CT molecular complexity index is 256. The zero-order chi connectivity index (χ0) is 9.14. The van der Waals surface area contributed by atoms with Crippen molar-refractivity contribution < 1.29 is 0 Å². The highest BCUT2D eigenvalue weighted by Crippen LogP contribution is 2.08. The highest BCUT2D eigenvalue weighted by atomic mass is 14.9. The van der Waals surface area contributed by atoms with Gasteiger partial charge >= 0.3 is 0 Å². The fraction of sp³-hybridized carbons (Fsp3) is 0.600. The molecule has 0 amide bonds. The number of nitrogens with zero attached hydrogens (tertiary/aromatic N) is 2.